The Balaban J connectivity index is 2.06. The van der Waals surface area contributed by atoms with Gasteiger partial charge in [0.25, 0.3) is 0 Å². The highest BCUT2D eigenvalue weighted by atomic mass is 19.1. The van der Waals surface area contributed by atoms with Gasteiger partial charge in [-0.2, -0.15) is 0 Å². The van der Waals surface area contributed by atoms with Crippen LogP contribution in [0.1, 0.15) is 11.4 Å². The van der Waals surface area contributed by atoms with Crippen LogP contribution in [0.25, 0.3) is 16.7 Å². The van der Waals surface area contributed by atoms with Crippen LogP contribution in [0.2, 0.25) is 0 Å². The van der Waals surface area contributed by atoms with E-state index in [0.29, 0.717) is 28.4 Å². The second-order valence-corrected chi connectivity index (χ2v) is 4.03. The molecule has 0 radical (unpaired) electrons. The number of nitrogens with zero attached hydrogens (tertiary/aromatic N) is 3. The zero-order valence-corrected chi connectivity index (χ0v) is 9.89. The van der Waals surface area contributed by atoms with E-state index in [4.69, 9.17) is 5.73 Å². The summed E-state index contributed by atoms with van der Waals surface area (Å²) in [5.74, 6) is 0.546. The van der Waals surface area contributed by atoms with E-state index in [-0.39, 0.29) is 5.82 Å². The van der Waals surface area contributed by atoms with Crippen molar-refractivity contribution in [3.63, 3.8) is 0 Å². The number of benzene rings is 1. The van der Waals surface area contributed by atoms with E-state index in [0.717, 1.165) is 5.56 Å². The van der Waals surface area contributed by atoms with Gasteiger partial charge in [0.15, 0.2) is 17.0 Å². The number of rotatable bonds is 2. The van der Waals surface area contributed by atoms with Gasteiger partial charge in [0.2, 0.25) is 0 Å². The summed E-state index contributed by atoms with van der Waals surface area (Å²) < 4.78 is 12.9. The molecular weight excluding hydrogens is 245 g/mol. The van der Waals surface area contributed by atoms with E-state index in [1.54, 1.807) is 12.1 Å². The molecule has 6 heteroatoms. The summed E-state index contributed by atoms with van der Waals surface area (Å²) in [4.78, 5) is 15.2. The van der Waals surface area contributed by atoms with E-state index < -0.39 is 0 Å². The number of nitrogens with two attached hydrogens (primary N) is 1. The van der Waals surface area contributed by atoms with Gasteiger partial charge in [-0.05, 0) is 17.7 Å². The third kappa shape index (κ3) is 1.93. The van der Waals surface area contributed by atoms with Crippen molar-refractivity contribution < 1.29 is 4.39 Å². The summed E-state index contributed by atoms with van der Waals surface area (Å²) in [5.41, 5.74) is 8.17. The number of hydrogen-bond acceptors (Lipinski definition) is 4. The zero-order valence-electron chi connectivity index (χ0n) is 9.89. The molecule has 0 aliphatic carbocycles. The Bertz CT molecular complexity index is 760. The quantitative estimate of drug-likeness (QED) is 0.735. The van der Waals surface area contributed by atoms with Gasteiger partial charge in [-0.25, -0.2) is 19.3 Å². The Morgan fingerprint density at radius 3 is 2.63 bits per heavy atom. The Morgan fingerprint density at radius 1 is 1.21 bits per heavy atom. The van der Waals surface area contributed by atoms with E-state index in [9.17, 15) is 4.39 Å². The normalized spacial score (nSPS) is 10.8. The highest BCUT2D eigenvalue weighted by Gasteiger charge is 2.11. The van der Waals surface area contributed by atoms with Gasteiger partial charge in [0.1, 0.15) is 18.0 Å². The lowest BCUT2D eigenvalue weighted by atomic mass is 10.1. The third-order valence-corrected chi connectivity index (χ3v) is 2.79. The summed E-state index contributed by atoms with van der Waals surface area (Å²) in [6.07, 6.45) is 1.36. The lowest BCUT2D eigenvalue weighted by molar-refractivity contribution is 0.627. The molecule has 0 aliphatic heterocycles. The minimum Gasteiger partial charge on any atom is -0.382 e. The lowest BCUT2D eigenvalue weighted by Gasteiger charge is -2.01. The van der Waals surface area contributed by atoms with Crippen LogP contribution in [0, 0.1) is 5.82 Å². The van der Waals surface area contributed by atoms with Crippen molar-refractivity contribution in [3.05, 3.63) is 54.4 Å². The largest absolute Gasteiger partial charge is 0.382 e. The number of aromatic nitrogens is 4. The van der Waals surface area contributed by atoms with Crippen molar-refractivity contribution in [1.82, 2.24) is 19.9 Å². The predicted molar refractivity (Wildman–Crippen MR) is 70.6 cm³/mol. The third-order valence-electron chi connectivity index (χ3n) is 2.79. The monoisotopic (exact) mass is 255 g/mol. The molecule has 0 amide bonds. The average molecular weight is 255 g/mol. The number of nitrogen functional groups attached to an aromatic ring is 1. The summed E-state index contributed by atoms with van der Waals surface area (Å²) in [6, 6.07) is 6.02. The van der Waals surface area contributed by atoms with Gasteiger partial charge in [-0.1, -0.05) is 18.7 Å². The first-order valence-corrected chi connectivity index (χ1v) is 5.56. The molecule has 94 valence electrons. The predicted octanol–water partition coefficient (Wildman–Crippen LogP) is 2.14. The van der Waals surface area contributed by atoms with E-state index in [1.807, 2.05) is 0 Å². The number of fused-ring (bicyclic) bond motifs is 1. The van der Waals surface area contributed by atoms with E-state index >= 15 is 0 Å². The Hall–Kier alpha value is -2.76. The molecule has 19 heavy (non-hydrogen) atoms. The molecule has 0 unspecified atom stereocenters. The van der Waals surface area contributed by atoms with Crippen molar-refractivity contribution in [2.45, 2.75) is 0 Å². The van der Waals surface area contributed by atoms with Crippen LogP contribution in [0.5, 0.6) is 0 Å². The van der Waals surface area contributed by atoms with Gasteiger partial charge in [0, 0.05) is 5.57 Å². The minimum absolute atomic E-state index is 0.295. The molecule has 0 atom stereocenters. The average Bonchev–Trinajstić information content (AvgIpc) is 2.84. The first-order valence-electron chi connectivity index (χ1n) is 5.56. The van der Waals surface area contributed by atoms with Crippen molar-refractivity contribution in [2.24, 2.45) is 0 Å². The number of anilines is 1. The highest BCUT2D eigenvalue weighted by Crippen LogP contribution is 2.22. The van der Waals surface area contributed by atoms with Crippen LogP contribution in [0.3, 0.4) is 0 Å². The smallest absolute Gasteiger partial charge is 0.163 e. The molecule has 0 fully saturated rings. The van der Waals surface area contributed by atoms with Crippen molar-refractivity contribution in [2.75, 3.05) is 5.73 Å². The highest BCUT2D eigenvalue weighted by molar-refractivity contribution is 5.85. The molecule has 0 spiro atoms. The molecule has 2 aromatic heterocycles. The topological polar surface area (TPSA) is 80.5 Å². The van der Waals surface area contributed by atoms with Crippen LogP contribution in [-0.2, 0) is 0 Å². The van der Waals surface area contributed by atoms with E-state index in [1.165, 1.54) is 18.5 Å². The first kappa shape index (κ1) is 11.3. The molecule has 3 rings (SSSR count). The van der Waals surface area contributed by atoms with Crippen LogP contribution in [0.4, 0.5) is 10.2 Å². The molecular formula is C13H10FN5. The maximum absolute atomic E-state index is 12.9. The lowest BCUT2D eigenvalue weighted by Crippen LogP contribution is -1.92. The molecule has 0 saturated carbocycles. The Morgan fingerprint density at radius 2 is 1.95 bits per heavy atom. The van der Waals surface area contributed by atoms with E-state index in [2.05, 4.69) is 26.5 Å². The Labute approximate surface area is 108 Å². The second-order valence-electron chi connectivity index (χ2n) is 4.03. The molecule has 3 N–H and O–H groups in total. The summed E-state index contributed by atoms with van der Waals surface area (Å²) in [5, 5.41) is 0. The maximum atomic E-state index is 12.9. The molecule has 5 nitrogen and oxygen atoms in total. The first-order chi connectivity index (χ1) is 9.15. The fourth-order valence-corrected chi connectivity index (χ4v) is 1.78. The van der Waals surface area contributed by atoms with Gasteiger partial charge < -0.3 is 10.7 Å². The molecule has 0 aliphatic rings. The van der Waals surface area contributed by atoms with Crippen LogP contribution < -0.4 is 5.73 Å². The zero-order chi connectivity index (χ0) is 13.4. The number of imidazole rings is 1. The summed E-state index contributed by atoms with van der Waals surface area (Å²) in [7, 11) is 0. The standard InChI is InChI=1S/C13H10FN5/c1-7(8-2-4-9(14)5-3-8)12-18-10-11(15)16-6-17-13(10)19-12/h2-6H,1H2,(H3,15,16,17,18,19). The number of hydrogen-bond donors (Lipinski definition) is 2. The number of nitrogens with one attached hydrogen (secondary N) is 1. The van der Waals surface area contributed by atoms with Gasteiger partial charge in [-0.15, -0.1) is 0 Å². The fraction of sp³-hybridized carbons (Fsp3) is 0. The summed E-state index contributed by atoms with van der Waals surface area (Å²) in [6.45, 7) is 3.94. The number of halogens is 1. The van der Waals surface area contributed by atoms with Gasteiger partial charge in [-0.3, -0.25) is 0 Å². The van der Waals surface area contributed by atoms with Gasteiger partial charge in [0.05, 0.1) is 0 Å². The number of aromatic amines is 1. The van der Waals surface area contributed by atoms with Crippen molar-refractivity contribution >= 4 is 22.6 Å². The molecule has 2 heterocycles. The number of H-pyrrole nitrogens is 1. The molecule has 0 bridgehead atoms. The minimum atomic E-state index is -0.295. The molecule has 3 aromatic rings. The maximum Gasteiger partial charge on any atom is 0.163 e. The van der Waals surface area contributed by atoms with Crippen molar-refractivity contribution in [1.29, 1.82) is 0 Å². The van der Waals surface area contributed by atoms with Crippen LogP contribution >= 0.6 is 0 Å². The van der Waals surface area contributed by atoms with Crippen LogP contribution in [0.15, 0.2) is 37.2 Å². The fourth-order valence-electron chi connectivity index (χ4n) is 1.78. The summed E-state index contributed by atoms with van der Waals surface area (Å²) >= 11 is 0. The SMILES string of the molecule is C=C(c1ccc(F)cc1)c1nc2c(N)ncnc2[nH]1. The molecule has 0 saturated heterocycles. The van der Waals surface area contributed by atoms with Crippen molar-refractivity contribution in [3.8, 4) is 0 Å². The van der Waals surface area contributed by atoms with Gasteiger partial charge >= 0.3 is 0 Å². The van der Waals surface area contributed by atoms with Crippen LogP contribution in [-0.4, -0.2) is 19.9 Å². The Kier molecular flexibility index (Phi) is 2.49. The second kappa shape index (κ2) is 4.16. The molecule has 1 aromatic carbocycles.